The molecular formula is C14H16N2O2S. The molecular weight excluding hydrogens is 260 g/mol. The Bertz CT molecular complexity index is 647. The van der Waals surface area contributed by atoms with E-state index in [-0.39, 0.29) is 4.90 Å². The van der Waals surface area contributed by atoms with E-state index >= 15 is 0 Å². The van der Waals surface area contributed by atoms with Gasteiger partial charge in [-0.3, -0.25) is 4.72 Å². The van der Waals surface area contributed by atoms with E-state index in [4.69, 9.17) is 5.73 Å². The topological polar surface area (TPSA) is 72.2 Å². The molecule has 0 heterocycles. The molecule has 0 bridgehead atoms. The Labute approximate surface area is 113 Å². The summed E-state index contributed by atoms with van der Waals surface area (Å²) in [7, 11) is -3.56. The van der Waals surface area contributed by atoms with Crippen LogP contribution in [0, 0.1) is 0 Å². The van der Waals surface area contributed by atoms with E-state index in [0.29, 0.717) is 11.4 Å². The van der Waals surface area contributed by atoms with Crippen LogP contribution in [-0.4, -0.2) is 8.42 Å². The summed E-state index contributed by atoms with van der Waals surface area (Å²) in [5, 5.41) is 0. The van der Waals surface area contributed by atoms with E-state index in [0.717, 1.165) is 12.0 Å². The van der Waals surface area contributed by atoms with E-state index in [1.807, 2.05) is 19.1 Å². The van der Waals surface area contributed by atoms with E-state index in [9.17, 15) is 8.42 Å². The summed E-state index contributed by atoms with van der Waals surface area (Å²) in [5.41, 5.74) is 7.79. The van der Waals surface area contributed by atoms with Gasteiger partial charge in [0, 0.05) is 11.4 Å². The SMILES string of the molecule is CCc1ccc(NS(=O)(=O)c2ccc(N)cc2)cc1. The number of benzene rings is 2. The zero-order valence-electron chi connectivity index (χ0n) is 10.6. The molecule has 2 aromatic carbocycles. The van der Waals surface area contributed by atoms with Crippen LogP contribution in [0.4, 0.5) is 11.4 Å². The van der Waals surface area contributed by atoms with Gasteiger partial charge in [0.15, 0.2) is 0 Å². The lowest BCUT2D eigenvalue weighted by atomic mass is 10.2. The molecule has 0 spiro atoms. The van der Waals surface area contributed by atoms with Crippen LogP contribution in [0.15, 0.2) is 53.4 Å². The molecule has 19 heavy (non-hydrogen) atoms. The Morgan fingerprint density at radius 2 is 1.58 bits per heavy atom. The number of nitrogen functional groups attached to an aromatic ring is 1. The highest BCUT2D eigenvalue weighted by molar-refractivity contribution is 7.92. The smallest absolute Gasteiger partial charge is 0.261 e. The second kappa shape index (κ2) is 5.32. The number of hydrogen-bond acceptors (Lipinski definition) is 3. The maximum atomic E-state index is 12.1. The summed E-state index contributed by atoms with van der Waals surface area (Å²) in [6, 6.07) is 13.4. The zero-order valence-corrected chi connectivity index (χ0v) is 11.4. The number of hydrogen-bond donors (Lipinski definition) is 2. The molecule has 100 valence electrons. The fraction of sp³-hybridized carbons (Fsp3) is 0.143. The lowest BCUT2D eigenvalue weighted by molar-refractivity contribution is 0.601. The third-order valence-corrected chi connectivity index (χ3v) is 4.20. The zero-order chi connectivity index (χ0) is 13.9. The minimum atomic E-state index is -3.56. The molecule has 0 atom stereocenters. The first-order valence-electron chi connectivity index (χ1n) is 5.98. The van der Waals surface area contributed by atoms with E-state index in [2.05, 4.69) is 4.72 Å². The second-order valence-corrected chi connectivity index (χ2v) is 5.91. The molecule has 0 aliphatic rings. The van der Waals surface area contributed by atoms with Gasteiger partial charge in [-0.2, -0.15) is 0 Å². The Balaban J connectivity index is 2.23. The van der Waals surface area contributed by atoms with Gasteiger partial charge in [-0.15, -0.1) is 0 Å². The van der Waals surface area contributed by atoms with Crippen molar-refractivity contribution in [2.75, 3.05) is 10.5 Å². The normalized spacial score (nSPS) is 11.2. The number of aryl methyl sites for hydroxylation is 1. The number of nitrogens with two attached hydrogens (primary N) is 1. The van der Waals surface area contributed by atoms with Crippen molar-refractivity contribution < 1.29 is 8.42 Å². The third-order valence-electron chi connectivity index (χ3n) is 2.80. The van der Waals surface area contributed by atoms with Crippen LogP contribution in [0.1, 0.15) is 12.5 Å². The molecule has 0 fully saturated rings. The predicted octanol–water partition coefficient (Wildman–Crippen LogP) is 2.63. The number of rotatable bonds is 4. The van der Waals surface area contributed by atoms with Gasteiger partial charge in [0.2, 0.25) is 0 Å². The molecule has 5 heteroatoms. The molecule has 2 rings (SSSR count). The summed E-state index contributed by atoms with van der Waals surface area (Å²) in [5.74, 6) is 0. The van der Waals surface area contributed by atoms with E-state index in [1.165, 1.54) is 12.1 Å². The molecule has 0 radical (unpaired) electrons. The fourth-order valence-electron chi connectivity index (χ4n) is 1.67. The summed E-state index contributed by atoms with van der Waals surface area (Å²) >= 11 is 0. The van der Waals surface area contributed by atoms with Crippen LogP contribution < -0.4 is 10.5 Å². The molecule has 0 unspecified atom stereocenters. The van der Waals surface area contributed by atoms with Crippen LogP contribution in [0.2, 0.25) is 0 Å². The maximum Gasteiger partial charge on any atom is 0.261 e. The molecule has 0 aromatic heterocycles. The van der Waals surface area contributed by atoms with Gasteiger partial charge in [-0.1, -0.05) is 19.1 Å². The Kier molecular flexibility index (Phi) is 3.76. The summed E-state index contributed by atoms with van der Waals surface area (Å²) in [6.07, 6.45) is 0.922. The van der Waals surface area contributed by atoms with Gasteiger partial charge >= 0.3 is 0 Å². The van der Waals surface area contributed by atoms with Gasteiger partial charge in [-0.25, -0.2) is 8.42 Å². The standard InChI is InChI=1S/C14H16N2O2S/c1-2-11-3-7-13(8-4-11)16-19(17,18)14-9-5-12(15)6-10-14/h3-10,16H,2,15H2,1H3. The van der Waals surface area contributed by atoms with Crippen LogP contribution >= 0.6 is 0 Å². The number of anilines is 2. The molecule has 0 saturated heterocycles. The average Bonchev–Trinajstić information content (AvgIpc) is 2.40. The largest absolute Gasteiger partial charge is 0.399 e. The highest BCUT2D eigenvalue weighted by atomic mass is 32.2. The monoisotopic (exact) mass is 276 g/mol. The molecule has 0 amide bonds. The predicted molar refractivity (Wildman–Crippen MR) is 77.5 cm³/mol. The van der Waals surface area contributed by atoms with Crippen molar-refractivity contribution in [2.24, 2.45) is 0 Å². The van der Waals surface area contributed by atoms with Crippen molar-refractivity contribution in [3.63, 3.8) is 0 Å². The molecule has 2 aromatic rings. The third kappa shape index (κ3) is 3.26. The summed E-state index contributed by atoms with van der Waals surface area (Å²) in [4.78, 5) is 0.196. The molecule has 0 aliphatic heterocycles. The number of sulfonamides is 1. The highest BCUT2D eigenvalue weighted by Crippen LogP contribution is 2.17. The lowest BCUT2D eigenvalue weighted by Gasteiger charge is -2.08. The quantitative estimate of drug-likeness (QED) is 0.843. The van der Waals surface area contributed by atoms with Gasteiger partial charge in [0.25, 0.3) is 10.0 Å². The molecule has 0 saturated carbocycles. The van der Waals surface area contributed by atoms with Gasteiger partial charge in [0.05, 0.1) is 4.90 Å². The molecule has 3 N–H and O–H groups in total. The Morgan fingerprint density at radius 3 is 2.11 bits per heavy atom. The molecule has 4 nitrogen and oxygen atoms in total. The minimum Gasteiger partial charge on any atom is -0.399 e. The Morgan fingerprint density at radius 1 is 1.00 bits per heavy atom. The van der Waals surface area contributed by atoms with Crippen molar-refractivity contribution in [2.45, 2.75) is 18.2 Å². The van der Waals surface area contributed by atoms with Gasteiger partial charge < -0.3 is 5.73 Å². The fourth-order valence-corrected chi connectivity index (χ4v) is 2.73. The summed E-state index contributed by atoms with van der Waals surface area (Å²) < 4.78 is 26.8. The van der Waals surface area contributed by atoms with Crippen molar-refractivity contribution in [3.05, 3.63) is 54.1 Å². The van der Waals surface area contributed by atoms with Crippen LogP contribution in [0.3, 0.4) is 0 Å². The van der Waals surface area contributed by atoms with E-state index in [1.54, 1.807) is 24.3 Å². The van der Waals surface area contributed by atoms with Crippen LogP contribution in [0.5, 0.6) is 0 Å². The van der Waals surface area contributed by atoms with Crippen molar-refractivity contribution in [1.82, 2.24) is 0 Å². The summed E-state index contributed by atoms with van der Waals surface area (Å²) in [6.45, 7) is 2.05. The second-order valence-electron chi connectivity index (χ2n) is 4.23. The number of nitrogens with one attached hydrogen (secondary N) is 1. The highest BCUT2D eigenvalue weighted by Gasteiger charge is 2.13. The van der Waals surface area contributed by atoms with Crippen LogP contribution in [-0.2, 0) is 16.4 Å². The average molecular weight is 276 g/mol. The molecule has 0 aliphatic carbocycles. The van der Waals surface area contributed by atoms with Gasteiger partial charge in [-0.05, 0) is 48.4 Å². The first-order chi connectivity index (χ1) is 9.01. The first-order valence-corrected chi connectivity index (χ1v) is 7.47. The van der Waals surface area contributed by atoms with Crippen molar-refractivity contribution >= 4 is 21.4 Å². The van der Waals surface area contributed by atoms with Crippen LogP contribution in [0.25, 0.3) is 0 Å². The van der Waals surface area contributed by atoms with Gasteiger partial charge in [0.1, 0.15) is 0 Å². The van der Waals surface area contributed by atoms with Crippen molar-refractivity contribution in [1.29, 1.82) is 0 Å². The lowest BCUT2D eigenvalue weighted by Crippen LogP contribution is -2.12. The van der Waals surface area contributed by atoms with E-state index < -0.39 is 10.0 Å². The minimum absolute atomic E-state index is 0.196. The van der Waals surface area contributed by atoms with Crippen molar-refractivity contribution in [3.8, 4) is 0 Å². The maximum absolute atomic E-state index is 12.1. The Hall–Kier alpha value is -2.01. The first kappa shape index (κ1) is 13.4.